The van der Waals surface area contributed by atoms with Gasteiger partial charge in [-0.25, -0.2) is 21.9 Å². The van der Waals surface area contributed by atoms with Crippen LogP contribution in [0.1, 0.15) is 13.8 Å². The van der Waals surface area contributed by atoms with Crippen molar-refractivity contribution in [3.8, 4) is 5.75 Å². The van der Waals surface area contributed by atoms with Gasteiger partial charge in [-0.3, -0.25) is 4.99 Å². The monoisotopic (exact) mass is 378 g/mol. The summed E-state index contributed by atoms with van der Waals surface area (Å²) in [6.07, 6.45) is 1.09. The summed E-state index contributed by atoms with van der Waals surface area (Å²) in [6.45, 7) is 4.21. The first-order valence-electron chi connectivity index (χ1n) is 7.54. The molecule has 1 aromatic carbocycles. The molecule has 7 nitrogen and oxygen atoms in total. The number of hydrogen-bond donors (Lipinski definition) is 3. The molecule has 0 heterocycles. The summed E-state index contributed by atoms with van der Waals surface area (Å²) in [5, 5.41) is 5.93. The summed E-state index contributed by atoms with van der Waals surface area (Å²) in [5.41, 5.74) is -0.709. The average Bonchev–Trinajstić information content (AvgIpc) is 2.46. The molecule has 0 aliphatic rings. The van der Waals surface area contributed by atoms with Crippen molar-refractivity contribution >= 4 is 16.0 Å². The third-order valence-corrected chi connectivity index (χ3v) is 3.85. The van der Waals surface area contributed by atoms with E-state index in [-0.39, 0.29) is 12.4 Å². The van der Waals surface area contributed by atoms with E-state index in [0.717, 1.165) is 18.4 Å². The number of hydrogen-bond acceptors (Lipinski definition) is 4. The summed E-state index contributed by atoms with van der Waals surface area (Å²) in [5.74, 6) is -1.04. The third kappa shape index (κ3) is 8.64. The van der Waals surface area contributed by atoms with Gasteiger partial charge in [-0.1, -0.05) is 0 Å². The molecule has 0 saturated heterocycles. The Bertz CT molecular complexity index is 709. The van der Waals surface area contributed by atoms with Crippen LogP contribution in [0.5, 0.6) is 5.75 Å². The Morgan fingerprint density at radius 1 is 1.28 bits per heavy atom. The topological polar surface area (TPSA) is 91.8 Å². The van der Waals surface area contributed by atoms with Crippen LogP contribution in [0.25, 0.3) is 0 Å². The van der Waals surface area contributed by atoms with Crippen LogP contribution in [-0.2, 0) is 10.0 Å². The maximum absolute atomic E-state index is 13.4. The molecule has 0 unspecified atom stereocenters. The molecule has 0 radical (unpaired) electrons. The maximum atomic E-state index is 13.4. The van der Waals surface area contributed by atoms with Crippen LogP contribution in [0.15, 0.2) is 23.2 Å². The zero-order chi connectivity index (χ0) is 19.1. The molecule has 0 aromatic heterocycles. The standard InChI is InChI=1S/C15H24F2N4O3S/c1-15(2,21-25(4,22)23)10-20-14(18-3)19-7-8-24-13-6-5-11(16)9-12(13)17/h5-6,9,21H,7-8,10H2,1-4H3,(H2,18,19,20). The highest BCUT2D eigenvalue weighted by Crippen LogP contribution is 2.17. The highest BCUT2D eigenvalue weighted by molar-refractivity contribution is 7.88. The molecule has 142 valence electrons. The Kier molecular flexibility index (Phi) is 7.56. The van der Waals surface area contributed by atoms with Crippen LogP contribution >= 0.6 is 0 Å². The van der Waals surface area contributed by atoms with Gasteiger partial charge in [-0.05, 0) is 26.0 Å². The fourth-order valence-electron chi connectivity index (χ4n) is 1.99. The fourth-order valence-corrected chi connectivity index (χ4v) is 3.06. The summed E-state index contributed by atoms with van der Waals surface area (Å²) < 4.78 is 56.5. The summed E-state index contributed by atoms with van der Waals surface area (Å²) in [7, 11) is -1.77. The van der Waals surface area contributed by atoms with Crippen molar-refractivity contribution < 1.29 is 21.9 Å². The first kappa shape index (κ1) is 21.1. The Morgan fingerprint density at radius 2 is 1.96 bits per heavy atom. The molecule has 1 rings (SSSR count). The number of sulfonamides is 1. The maximum Gasteiger partial charge on any atom is 0.209 e. The van der Waals surface area contributed by atoms with Crippen LogP contribution in [0.4, 0.5) is 8.78 Å². The number of benzene rings is 1. The first-order chi connectivity index (χ1) is 11.5. The lowest BCUT2D eigenvalue weighted by molar-refractivity contribution is 0.304. The molecule has 0 saturated carbocycles. The molecule has 0 aliphatic carbocycles. The van der Waals surface area contributed by atoms with Crippen molar-refractivity contribution in [2.75, 3.05) is 33.0 Å². The summed E-state index contributed by atoms with van der Waals surface area (Å²) >= 11 is 0. The van der Waals surface area contributed by atoms with Crippen LogP contribution in [-0.4, -0.2) is 52.9 Å². The van der Waals surface area contributed by atoms with E-state index in [9.17, 15) is 17.2 Å². The van der Waals surface area contributed by atoms with Gasteiger partial charge >= 0.3 is 0 Å². The number of nitrogens with one attached hydrogen (secondary N) is 3. The van der Waals surface area contributed by atoms with Crippen LogP contribution in [0, 0.1) is 11.6 Å². The van der Waals surface area contributed by atoms with Gasteiger partial charge in [0.1, 0.15) is 12.4 Å². The first-order valence-corrected chi connectivity index (χ1v) is 9.43. The molecule has 1 aromatic rings. The normalized spacial score (nSPS) is 12.8. The predicted molar refractivity (Wildman–Crippen MR) is 93.3 cm³/mol. The molecule has 25 heavy (non-hydrogen) atoms. The van der Waals surface area contributed by atoms with E-state index >= 15 is 0 Å². The van der Waals surface area contributed by atoms with E-state index in [2.05, 4.69) is 20.3 Å². The van der Waals surface area contributed by atoms with Crippen molar-refractivity contribution in [2.24, 2.45) is 4.99 Å². The van der Waals surface area contributed by atoms with Gasteiger partial charge in [-0.15, -0.1) is 0 Å². The molecule has 0 atom stereocenters. The SMILES string of the molecule is CN=C(NCCOc1ccc(F)cc1F)NCC(C)(C)NS(C)(=O)=O. The molecule has 0 aliphatic heterocycles. The minimum absolute atomic E-state index is 0.0374. The molecular formula is C15H24F2N4O3S. The minimum atomic E-state index is -3.33. The molecule has 0 fully saturated rings. The van der Waals surface area contributed by atoms with E-state index in [1.54, 1.807) is 20.9 Å². The van der Waals surface area contributed by atoms with Gasteiger partial charge in [0.05, 0.1) is 12.8 Å². The highest BCUT2D eigenvalue weighted by Gasteiger charge is 2.22. The second kappa shape index (κ2) is 8.95. The molecule has 0 amide bonds. The quantitative estimate of drug-likeness (QED) is 0.354. The summed E-state index contributed by atoms with van der Waals surface area (Å²) in [4.78, 5) is 4.00. The third-order valence-electron chi connectivity index (χ3n) is 2.93. The van der Waals surface area contributed by atoms with E-state index in [0.29, 0.717) is 19.0 Å². The largest absolute Gasteiger partial charge is 0.489 e. The molecule has 0 spiro atoms. The number of ether oxygens (including phenoxy) is 1. The number of halogens is 2. The molecule has 10 heteroatoms. The van der Waals surface area contributed by atoms with Crippen LogP contribution < -0.4 is 20.1 Å². The second-order valence-corrected chi connectivity index (χ2v) is 7.78. The molecule has 3 N–H and O–H groups in total. The molecular weight excluding hydrogens is 354 g/mol. The average molecular weight is 378 g/mol. The minimum Gasteiger partial charge on any atom is -0.489 e. The zero-order valence-corrected chi connectivity index (χ0v) is 15.5. The van der Waals surface area contributed by atoms with Gasteiger partial charge in [0, 0.05) is 25.2 Å². The van der Waals surface area contributed by atoms with E-state index in [1.807, 2.05) is 0 Å². The van der Waals surface area contributed by atoms with E-state index in [1.165, 1.54) is 6.07 Å². The lowest BCUT2D eigenvalue weighted by atomic mass is 10.1. The van der Waals surface area contributed by atoms with Crippen molar-refractivity contribution in [1.82, 2.24) is 15.4 Å². The zero-order valence-electron chi connectivity index (χ0n) is 14.7. The van der Waals surface area contributed by atoms with E-state index < -0.39 is 27.2 Å². The van der Waals surface area contributed by atoms with Gasteiger partial charge in [0.15, 0.2) is 17.5 Å². The Hall–Kier alpha value is -1.94. The smallest absolute Gasteiger partial charge is 0.209 e. The van der Waals surface area contributed by atoms with Gasteiger partial charge < -0.3 is 15.4 Å². The van der Waals surface area contributed by atoms with E-state index in [4.69, 9.17) is 4.74 Å². The molecule has 0 bridgehead atoms. The Labute approximate surface area is 146 Å². The highest BCUT2D eigenvalue weighted by atomic mass is 32.2. The van der Waals surface area contributed by atoms with Crippen molar-refractivity contribution in [3.05, 3.63) is 29.8 Å². The van der Waals surface area contributed by atoms with Crippen molar-refractivity contribution in [2.45, 2.75) is 19.4 Å². The van der Waals surface area contributed by atoms with Crippen molar-refractivity contribution in [3.63, 3.8) is 0 Å². The number of guanidine groups is 1. The lowest BCUT2D eigenvalue weighted by Gasteiger charge is -2.26. The second-order valence-electron chi connectivity index (χ2n) is 6.03. The number of nitrogens with zero attached hydrogens (tertiary/aromatic N) is 1. The van der Waals surface area contributed by atoms with Gasteiger partial charge in [0.25, 0.3) is 0 Å². The lowest BCUT2D eigenvalue weighted by Crippen LogP contribution is -2.53. The predicted octanol–water partition coefficient (Wildman–Crippen LogP) is 0.836. The van der Waals surface area contributed by atoms with Crippen molar-refractivity contribution in [1.29, 1.82) is 0 Å². The van der Waals surface area contributed by atoms with Gasteiger partial charge in [-0.2, -0.15) is 0 Å². The summed E-state index contributed by atoms with van der Waals surface area (Å²) in [6, 6.07) is 3.08. The Morgan fingerprint density at radius 3 is 2.52 bits per heavy atom. The fraction of sp³-hybridized carbons (Fsp3) is 0.533. The number of rotatable bonds is 8. The number of aliphatic imine (C=N–C) groups is 1. The van der Waals surface area contributed by atoms with Gasteiger partial charge in [0.2, 0.25) is 10.0 Å². The van der Waals surface area contributed by atoms with Crippen LogP contribution in [0.2, 0.25) is 0 Å². The van der Waals surface area contributed by atoms with Crippen LogP contribution in [0.3, 0.4) is 0 Å². The Balaban J connectivity index is 2.39.